The number of ether oxygens (including phenoxy) is 2. The first-order valence-corrected chi connectivity index (χ1v) is 9.20. The van der Waals surface area contributed by atoms with Crippen LogP contribution in [0, 0.1) is 18.2 Å². The zero-order chi connectivity index (χ0) is 19.7. The van der Waals surface area contributed by atoms with Crippen LogP contribution in [0.5, 0.6) is 5.75 Å². The third kappa shape index (κ3) is 3.65. The van der Waals surface area contributed by atoms with E-state index in [1.807, 2.05) is 19.1 Å². The maximum atomic E-state index is 13.8. The van der Waals surface area contributed by atoms with Crippen molar-refractivity contribution in [2.45, 2.75) is 13.8 Å². The van der Waals surface area contributed by atoms with E-state index in [2.05, 4.69) is 26.6 Å². The van der Waals surface area contributed by atoms with Gasteiger partial charge < -0.3 is 14.8 Å². The highest BCUT2D eigenvalue weighted by Gasteiger charge is 2.34. The topological polar surface area (TPSA) is 68.6 Å². The molecule has 1 N–H and O–H groups in total. The van der Waals surface area contributed by atoms with Crippen LogP contribution < -0.4 is 10.1 Å². The smallest absolute Gasteiger partial charge is 0.145 e. The summed E-state index contributed by atoms with van der Waals surface area (Å²) in [6.07, 6.45) is 1.47. The van der Waals surface area contributed by atoms with Crippen molar-refractivity contribution in [3.8, 4) is 5.75 Å². The van der Waals surface area contributed by atoms with E-state index in [9.17, 15) is 4.39 Å². The molecule has 28 heavy (non-hydrogen) atoms. The molecule has 0 amide bonds. The first kappa shape index (κ1) is 18.6. The molecule has 0 aliphatic carbocycles. The minimum absolute atomic E-state index is 0.0497. The van der Waals surface area contributed by atoms with Crippen LogP contribution in [-0.4, -0.2) is 29.8 Å². The SMILES string of the molecule is Cc1cc(N=S)cc2ncnc(Nc3ccc(F)cc3OCC3(C)COC3)c12. The van der Waals surface area contributed by atoms with Crippen molar-refractivity contribution in [3.63, 3.8) is 0 Å². The van der Waals surface area contributed by atoms with Crippen LogP contribution in [0.25, 0.3) is 10.9 Å². The Labute approximate surface area is 167 Å². The van der Waals surface area contributed by atoms with Gasteiger partial charge in [-0.15, -0.1) is 0 Å². The largest absolute Gasteiger partial charge is 0.491 e. The molecule has 2 aromatic carbocycles. The van der Waals surface area contributed by atoms with E-state index in [0.717, 1.165) is 16.5 Å². The van der Waals surface area contributed by atoms with Crippen LogP contribution in [0.3, 0.4) is 0 Å². The Balaban J connectivity index is 1.68. The van der Waals surface area contributed by atoms with Gasteiger partial charge in [0, 0.05) is 29.3 Å². The first-order valence-electron chi connectivity index (χ1n) is 8.83. The van der Waals surface area contributed by atoms with Crippen molar-refractivity contribution < 1.29 is 13.9 Å². The van der Waals surface area contributed by atoms with Gasteiger partial charge in [0.25, 0.3) is 0 Å². The minimum Gasteiger partial charge on any atom is -0.491 e. The second-order valence-electron chi connectivity index (χ2n) is 7.33. The number of hydrogen-bond acceptors (Lipinski definition) is 7. The van der Waals surface area contributed by atoms with Gasteiger partial charge in [0.05, 0.1) is 36.7 Å². The lowest BCUT2D eigenvalue weighted by Crippen LogP contribution is -2.44. The molecule has 1 aliphatic heterocycles. The fourth-order valence-electron chi connectivity index (χ4n) is 3.15. The number of nitrogens with one attached hydrogen (secondary N) is 1. The molecule has 8 heteroatoms. The minimum atomic E-state index is -0.365. The maximum absolute atomic E-state index is 13.8. The highest BCUT2D eigenvalue weighted by atomic mass is 32.1. The Hall–Kier alpha value is -2.71. The van der Waals surface area contributed by atoms with Gasteiger partial charge in [-0.2, -0.15) is 4.36 Å². The monoisotopic (exact) mass is 398 g/mol. The molecule has 0 bridgehead atoms. The number of anilines is 2. The molecule has 1 aliphatic rings. The third-order valence-electron chi connectivity index (χ3n) is 4.70. The van der Waals surface area contributed by atoms with Crippen LogP contribution >= 0.6 is 0 Å². The number of nitrogens with zero attached hydrogens (tertiary/aromatic N) is 3. The Bertz CT molecular complexity index is 1060. The zero-order valence-corrected chi connectivity index (χ0v) is 16.3. The average Bonchev–Trinajstić information content (AvgIpc) is 2.66. The molecule has 0 unspecified atom stereocenters. The van der Waals surface area contributed by atoms with Gasteiger partial charge in [-0.05, 0) is 36.8 Å². The molecular weight excluding hydrogens is 379 g/mol. The quantitative estimate of drug-likeness (QED) is 0.655. The fraction of sp³-hybridized carbons (Fsp3) is 0.300. The van der Waals surface area contributed by atoms with Gasteiger partial charge in [-0.1, -0.05) is 6.92 Å². The van der Waals surface area contributed by atoms with Crippen LogP contribution in [0.4, 0.5) is 21.6 Å². The van der Waals surface area contributed by atoms with Crippen molar-refractivity contribution in [2.75, 3.05) is 25.1 Å². The Morgan fingerprint density at radius 1 is 1.29 bits per heavy atom. The zero-order valence-electron chi connectivity index (χ0n) is 15.5. The molecule has 1 aromatic heterocycles. The summed E-state index contributed by atoms with van der Waals surface area (Å²) in [4.78, 5) is 8.68. The van der Waals surface area contributed by atoms with Gasteiger partial charge in [0.1, 0.15) is 23.7 Å². The maximum Gasteiger partial charge on any atom is 0.145 e. The molecule has 3 aromatic rings. The molecule has 0 atom stereocenters. The molecule has 144 valence electrons. The lowest BCUT2D eigenvalue weighted by atomic mass is 9.90. The second-order valence-corrected chi connectivity index (χ2v) is 7.51. The molecular formula is C20H19FN4O2S. The molecule has 2 heterocycles. The third-order valence-corrected chi connectivity index (χ3v) is 4.91. The summed E-state index contributed by atoms with van der Waals surface area (Å²) in [5.74, 6) is 0.666. The molecule has 0 saturated carbocycles. The summed E-state index contributed by atoms with van der Waals surface area (Å²) in [6.45, 7) is 5.74. The standard InChI is InChI=1S/C20H19FN4O2S/c1-12-5-14(25-28)7-16-18(12)19(23-11-22-16)24-15-4-3-13(21)6-17(15)27-10-20(2)8-26-9-20/h3-7,11H,8-10H2,1-2H3,(H,22,23,24). The van der Waals surface area contributed by atoms with Gasteiger partial charge in [0.2, 0.25) is 0 Å². The van der Waals surface area contributed by atoms with E-state index < -0.39 is 0 Å². The number of hydrogen-bond donors (Lipinski definition) is 1. The lowest BCUT2D eigenvalue weighted by Gasteiger charge is -2.37. The number of benzene rings is 2. The summed E-state index contributed by atoms with van der Waals surface area (Å²) in [7, 11) is 0. The molecule has 4 rings (SSSR count). The predicted molar refractivity (Wildman–Crippen MR) is 108 cm³/mol. The van der Waals surface area contributed by atoms with Crippen LogP contribution in [-0.2, 0) is 17.2 Å². The highest BCUT2D eigenvalue weighted by molar-refractivity contribution is 7.47. The number of fused-ring (bicyclic) bond motifs is 1. The summed E-state index contributed by atoms with van der Waals surface area (Å²) in [5.41, 5.74) is 2.91. The van der Waals surface area contributed by atoms with E-state index in [0.29, 0.717) is 42.8 Å². The highest BCUT2D eigenvalue weighted by Crippen LogP contribution is 2.35. The van der Waals surface area contributed by atoms with Gasteiger partial charge in [-0.3, -0.25) is 0 Å². The molecule has 1 fully saturated rings. The number of halogens is 1. The summed E-state index contributed by atoms with van der Waals surface area (Å²) < 4.78 is 28.8. The van der Waals surface area contributed by atoms with Crippen LogP contribution in [0.15, 0.2) is 41.0 Å². The lowest BCUT2D eigenvalue weighted by molar-refractivity contribution is -0.120. The Morgan fingerprint density at radius 2 is 2.11 bits per heavy atom. The Kier molecular flexibility index (Phi) is 4.91. The second kappa shape index (κ2) is 7.37. The fourth-order valence-corrected chi connectivity index (χ4v) is 3.26. The van der Waals surface area contributed by atoms with Gasteiger partial charge in [-0.25, -0.2) is 14.4 Å². The van der Waals surface area contributed by atoms with Crippen molar-refractivity contribution in [1.82, 2.24) is 9.97 Å². The van der Waals surface area contributed by atoms with Crippen molar-refractivity contribution >= 4 is 40.5 Å². The number of aryl methyl sites for hydroxylation is 1. The number of rotatable bonds is 6. The molecule has 6 nitrogen and oxygen atoms in total. The Morgan fingerprint density at radius 3 is 2.82 bits per heavy atom. The molecule has 0 spiro atoms. The van der Waals surface area contributed by atoms with E-state index >= 15 is 0 Å². The average molecular weight is 398 g/mol. The normalized spacial score (nSPS) is 15.1. The summed E-state index contributed by atoms with van der Waals surface area (Å²) >= 11 is 4.79. The summed E-state index contributed by atoms with van der Waals surface area (Å²) in [6, 6.07) is 8.08. The van der Waals surface area contributed by atoms with E-state index in [4.69, 9.17) is 21.9 Å². The van der Waals surface area contributed by atoms with E-state index in [1.165, 1.54) is 18.5 Å². The van der Waals surface area contributed by atoms with Crippen molar-refractivity contribution in [3.05, 3.63) is 48.0 Å². The van der Waals surface area contributed by atoms with Crippen molar-refractivity contribution in [1.29, 1.82) is 0 Å². The predicted octanol–water partition coefficient (Wildman–Crippen LogP) is 4.60. The van der Waals surface area contributed by atoms with E-state index in [1.54, 1.807) is 6.07 Å². The molecule has 0 radical (unpaired) electrons. The number of aromatic nitrogens is 2. The van der Waals surface area contributed by atoms with Crippen molar-refractivity contribution in [2.24, 2.45) is 9.78 Å². The molecule has 1 saturated heterocycles. The summed E-state index contributed by atoms with van der Waals surface area (Å²) in [5, 5.41) is 4.11. The van der Waals surface area contributed by atoms with Crippen LogP contribution in [0.1, 0.15) is 12.5 Å². The van der Waals surface area contributed by atoms with E-state index in [-0.39, 0.29) is 11.2 Å². The van der Waals surface area contributed by atoms with Crippen LogP contribution in [0.2, 0.25) is 0 Å². The van der Waals surface area contributed by atoms with Gasteiger partial charge >= 0.3 is 0 Å². The van der Waals surface area contributed by atoms with Gasteiger partial charge in [0.15, 0.2) is 0 Å². The first-order chi connectivity index (χ1) is 13.5.